The fourth-order valence-corrected chi connectivity index (χ4v) is 2.95. The second kappa shape index (κ2) is 7.17. The summed E-state index contributed by atoms with van der Waals surface area (Å²) in [5, 5.41) is 2.87. The molecule has 124 valence electrons. The molecule has 0 spiro atoms. The van der Waals surface area contributed by atoms with Gasteiger partial charge in [-0.25, -0.2) is 0 Å². The fraction of sp³-hybridized carbons (Fsp3) is 0.263. The number of benzene rings is 2. The highest BCUT2D eigenvalue weighted by Gasteiger charge is 2.26. The highest BCUT2D eigenvalue weighted by Crippen LogP contribution is 2.27. The van der Waals surface area contributed by atoms with Gasteiger partial charge < -0.3 is 15.0 Å². The monoisotopic (exact) mass is 324 g/mol. The second-order valence-electron chi connectivity index (χ2n) is 5.69. The standard InChI is InChI=1S/C19H20N2O3/c1-24-17-9-5-3-7-15(17)12-18(22)20-10-11-21-16-8-4-2-6-14(16)13-19(21)23/h2-9H,10-13H2,1H3,(H,20,22). The van der Waals surface area contributed by atoms with E-state index in [2.05, 4.69) is 5.32 Å². The lowest BCUT2D eigenvalue weighted by atomic mass is 10.1. The highest BCUT2D eigenvalue weighted by molar-refractivity contribution is 6.01. The molecule has 1 N–H and O–H groups in total. The summed E-state index contributed by atoms with van der Waals surface area (Å²) in [5.74, 6) is 0.700. The highest BCUT2D eigenvalue weighted by atomic mass is 16.5. The molecule has 1 heterocycles. The molecule has 0 radical (unpaired) electrons. The summed E-state index contributed by atoms with van der Waals surface area (Å²) in [6.07, 6.45) is 0.694. The molecule has 5 heteroatoms. The zero-order valence-corrected chi connectivity index (χ0v) is 13.6. The average Bonchev–Trinajstić information content (AvgIpc) is 2.91. The molecule has 0 aliphatic carbocycles. The zero-order chi connectivity index (χ0) is 16.9. The van der Waals surface area contributed by atoms with Crippen molar-refractivity contribution in [3.8, 4) is 5.75 Å². The molecular formula is C19H20N2O3. The number of para-hydroxylation sites is 2. The van der Waals surface area contributed by atoms with E-state index in [0.29, 0.717) is 25.3 Å². The smallest absolute Gasteiger partial charge is 0.231 e. The van der Waals surface area contributed by atoms with Gasteiger partial charge in [-0.2, -0.15) is 0 Å². The topological polar surface area (TPSA) is 58.6 Å². The average molecular weight is 324 g/mol. The number of nitrogens with one attached hydrogen (secondary N) is 1. The van der Waals surface area contributed by atoms with Crippen LogP contribution in [-0.4, -0.2) is 32.0 Å². The molecule has 0 aromatic heterocycles. The summed E-state index contributed by atoms with van der Waals surface area (Å²) in [4.78, 5) is 25.9. The van der Waals surface area contributed by atoms with Crippen molar-refractivity contribution in [1.29, 1.82) is 0 Å². The van der Waals surface area contributed by atoms with Gasteiger partial charge in [-0.15, -0.1) is 0 Å². The molecule has 1 aliphatic heterocycles. The number of carbonyl (C=O) groups is 2. The second-order valence-corrected chi connectivity index (χ2v) is 5.69. The van der Waals surface area contributed by atoms with Crippen LogP contribution in [0.2, 0.25) is 0 Å². The Hall–Kier alpha value is -2.82. The van der Waals surface area contributed by atoms with Crippen LogP contribution >= 0.6 is 0 Å². The SMILES string of the molecule is COc1ccccc1CC(=O)NCCN1C(=O)Cc2ccccc21. The summed E-state index contributed by atoms with van der Waals surface area (Å²) >= 11 is 0. The molecule has 3 rings (SSSR count). The van der Waals surface area contributed by atoms with E-state index < -0.39 is 0 Å². The van der Waals surface area contributed by atoms with Gasteiger partial charge in [0.25, 0.3) is 0 Å². The number of methoxy groups -OCH3 is 1. The summed E-state index contributed by atoms with van der Waals surface area (Å²) in [5.41, 5.74) is 2.84. The van der Waals surface area contributed by atoms with Crippen LogP contribution in [0.3, 0.4) is 0 Å². The molecule has 1 aliphatic rings. The quantitative estimate of drug-likeness (QED) is 0.883. The van der Waals surface area contributed by atoms with Gasteiger partial charge in [0, 0.05) is 24.3 Å². The van der Waals surface area contributed by atoms with Crippen molar-refractivity contribution < 1.29 is 14.3 Å². The maximum absolute atomic E-state index is 12.1. The first-order valence-corrected chi connectivity index (χ1v) is 7.96. The van der Waals surface area contributed by atoms with Gasteiger partial charge in [0.05, 0.1) is 20.0 Å². The molecule has 0 bridgehead atoms. The minimum Gasteiger partial charge on any atom is -0.496 e. The third-order valence-corrected chi connectivity index (χ3v) is 4.13. The third kappa shape index (κ3) is 3.40. The van der Waals surface area contributed by atoms with Gasteiger partial charge >= 0.3 is 0 Å². The fourth-order valence-electron chi connectivity index (χ4n) is 2.95. The van der Waals surface area contributed by atoms with Gasteiger partial charge in [-0.05, 0) is 17.7 Å². The van der Waals surface area contributed by atoms with Crippen molar-refractivity contribution in [3.63, 3.8) is 0 Å². The number of carbonyl (C=O) groups excluding carboxylic acids is 2. The molecule has 2 amide bonds. The molecule has 0 fully saturated rings. The summed E-state index contributed by atoms with van der Waals surface area (Å²) in [7, 11) is 1.59. The van der Waals surface area contributed by atoms with Gasteiger partial charge in [-0.1, -0.05) is 36.4 Å². The van der Waals surface area contributed by atoms with E-state index in [1.165, 1.54) is 0 Å². The predicted octanol–water partition coefficient (Wildman–Crippen LogP) is 1.94. The number of anilines is 1. The van der Waals surface area contributed by atoms with Gasteiger partial charge in [0.15, 0.2) is 0 Å². The molecule has 5 nitrogen and oxygen atoms in total. The Balaban J connectivity index is 1.53. The Morgan fingerprint density at radius 1 is 1.17 bits per heavy atom. The normalized spacial score (nSPS) is 12.9. The van der Waals surface area contributed by atoms with E-state index in [4.69, 9.17) is 4.74 Å². The largest absolute Gasteiger partial charge is 0.496 e. The van der Waals surface area contributed by atoms with Crippen molar-refractivity contribution in [2.75, 3.05) is 25.1 Å². The molecule has 0 unspecified atom stereocenters. The minimum atomic E-state index is -0.0839. The molecule has 2 aromatic carbocycles. The van der Waals surface area contributed by atoms with E-state index in [-0.39, 0.29) is 18.2 Å². The van der Waals surface area contributed by atoms with E-state index in [1.807, 2.05) is 48.5 Å². The maximum Gasteiger partial charge on any atom is 0.231 e. The molecule has 24 heavy (non-hydrogen) atoms. The van der Waals surface area contributed by atoms with Crippen LogP contribution in [0.5, 0.6) is 5.75 Å². The maximum atomic E-state index is 12.1. The van der Waals surface area contributed by atoms with Crippen molar-refractivity contribution in [2.24, 2.45) is 0 Å². The molecular weight excluding hydrogens is 304 g/mol. The first kappa shape index (κ1) is 16.1. The summed E-state index contributed by atoms with van der Waals surface area (Å²) < 4.78 is 5.25. The Labute approximate surface area is 141 Å². The number of hydrogen-bond donors (Lipinski definition) is 1. The molecule has 0 saturated heterocycles. The number of nitrogens with zero attached hydrogens (tertiary/aromatic N) is 1. The Kier molecular flexibility index (Phi) is 4.79. The molecule has 2 aromatic rings. The zero-order valence-electron chi connectivity index (χ0n) is 13.6. The molecule has 0 saturated carbocycles. The van der Waals surface area contributed by atoms with Crippen LogP contribution in [0.15, 0.2) is 48.5 Å². The number of hydrogen-bond acceptors (Lipinski definition) is 3. The first-order valence-electron chi connectivity index (χ1n) is 7.96. The van der Waals surface area contributed by atoms with Crippen LogP contribution in [0.4, 0.5) is 5.69 Å². The Morgan fingerprint density at radius 2 is 1.92 bits per heavy atom. The summed E-state index contributed by atoms with van der Waals surface area (Å²) in [6, 6.07) is 15.2. The Morgan fingerprint density at radius 3 is 2.75 bits per heavy atom. The van der Waals surface area contributed by atoms with Crippen LogP contribution in [0, 0.1) is 0 Å². The van der Waals surface area contributed by atoms with Gasteiger partial charge in [0.2, 0.25) is 11.8 Å². The van der Waals surface area contributed by atoms with E-state index in [9.17, 15) is 9.59 Å². The van der Waals surface area contributed by atoms with Crippen LogP contribution in [0.25, 0.3) is 0 Å². The number of rotatable bonds is 6. The number of ether oxygens (including phenoxy) is 1. The molecule has 0 atom stereocenters. The number of amides is 2. The van der Waals surface area contributed by atoms with E-state index in [1.54, 1.807) is 12.0 Å². The van der Waals surface area contributed by atoms with Crippen molar-refractivity contribution >= 4 is 17.5 Å². The lowest BCUT2D eigenvalue weighted by molar-refractivity contribution is -0.121. The van der Waals surface area contributed by atoms with E-state index >= 15 is 0 Å². The Bertz CT molecular complexity index is 758. The van der Waals surface area contributed by atoms with E-state index in [0.717, 1.165) is 16.8 Å². The minimum absolute atomic E-state index is 0.0789. The van der Waals surface area contributed by atoms with Crippen LogP contribution in [-0.2, 0) is 22.4 Å². The lowest BCUT2D eigenvalue weighted by Gasteiger charge is -2.17. The van der Waals surface area contributed by atoms with Gasteiger partial charge in [0.1, 0.15) is 5.75 Å². The van der Waals surface area contributed by atoms with Crippen molar-refractivity contribution in [2.45, 2.75) is 12.8 Å². The van der Waals surface area contributed by atoms with Crippen molar-refractivity contribution in [3.05, 3.63) is 59.7 Å². The van der Waals surface area contributed by atoms with Crippen LogP contribution in [0.1, 0.15) is 11.1 Å². The van der Waals surface area contributed by atoms with Gasteiger partial charge in [-0.3, -0.25) is 9.59 Å². The first-order chi connectivity index (χ1) is 11.7. The summed E-state index contributed by atoms with van der Waals surface area (Å²) in [6.45, 7) is 0.904. The predicted molar refractivity (Wildman–Crippen MR) is 92.2 cm³/mol. The lowest BCUT2D eigenvalue weighted by Crippen LogP contribution is -2.37. The third-order valence-electron chi connectivity index (χ3n) is 4.13. The van der Waals surface area contributed by atoms with Crippen LogP contribution < -0.4 is 15.0 Å². The number of fused-ring (bicyclic) bond motifs is 1. The van der Waals surface area contributed by atoms with Crippen molar-refractivity contribution in [1.82, 2.24) is 5.32 Å².